The minimum absolute atomic E-state index is 0.0430. The lowest BCUT2D eigenvalue weighted by molar-refractivity contribution is -0.150. The molecule has 0 radical (unpaired) electrons. The van der Waals surface area contributed by atoms with Gasteiger partial charge in [-0.1, -0.05) is 38.1 Å². The van der Waals surface area contributed by atoms with Crippen LogP contribution < -0.4 is 16.0 Å². The van der Waals surface area contributed by atoms with E-state index in [4.69, 9.17) is 0 Å². The SMILES string of the molecule is C=CCC(CC)(CC)N(C)C(=O)CC(=O)NCCCCc1cc(CCCCNC(=O)CC(=O)N(C)C23CC4CC(CC(C4)C2)C3)cc(CCCCNC(=O)CC(=O)N(C)C23CC4CC(CC(C4)C2)C3)c1. The van der Waals surface area contributed by atoms with Crippen LogP contribution in [0.1, 0.15) is 185 Å². The highest BCUT2D eigenvalue weighted by Crippen LogP contribution is 2.59. The van der Waals surface area contributed by atoms with Crippen molar-refractivity contribution in [1.29, 1.82) is 0 Å². The predicted octanol–water partition coefficient (Wildman–Crippen LogP) is 8.62. The first kappa shape index (κ1) is 53.6. The highest BCUT2D eigenvalue weighted by Gasteiger charge is 2.55. The molecule has 6 amide bonds. The number of nitrogens with zero attached hydrogens (tertiary/aromatic N) is 3. The Morgan fingerprint density at radius 1 is 0.529 bits per heavy atom. The van der Waals surface area contributed by atoms with Crippen LogP contribution >= 0.6 is 0 Å². The molecule has 388 valence electrons. The molecule has 9 rings (SSSR count). The van der Waals surface area contributed by atoms with Crippen LogP contribution in [-0.4, -0.2) is 108 Å². The first-order valence-corrected chi connectivity index (χ1v) is 27.9. The highest BCUT2D eigenvalue weighted by atomic mass is 16.2. The Bertz CT molecular complexity index is 1850. The third-order valence-electron chi connectivity index (χ3n) is 18.8. The Morgan fingerprint density at radius 2 is 0.829 bits per heavy atom. The number of amides is 6. The summed E-state index contributed by atoms with van der Waals surface area (Å²) in [4.78, 5) is 84.2. The molecule has 8 bridgehead atoms. The van der Waals surface area contributed by atoms with E-state index in [1.54, 1.807) is 11.9 Å². The van der Waals surface area contributed by atoms with E-state index < -0.39 is 0 Å². The zero-order valence-electron chi connectivity index (χ0n) is 44.0. The lowest BCUT2D eigenvalue weighted by Gasteiger charge is -2.59. The molecular weight excluding hydrogens is 877 g/mol. The summed E-state index contributed by atoms with van der Waals surface area (Å²) < 4.78 is 0. The quantitative estimate of drug-likeness (QED) is 0.0436. The molecule has 8 fully saturated rings. The molecule has 0 unspecified atom stereocenters. The van der Waals surface area contributed by atoms with Crippen molar-refractivity contribution in [1.82, 2.24) is 30.7 Å². The first-order chi connectivity index (χ1) is 33.6. The number of benzene rings is 1. The van der Waals surface area contributed by atoms with Crippen LogP contribution in [0.3, 0.4) is 0 Å². The fraction of sp³-hybridized carbons (Fsp3) is 0.759. The van der Waals surface area contributed by atoms with Gasteiger partial charge in [0.05, 0.1) is 0 Å². The average molecular weight is 967 g/mol. The smallest absolute Gasteiger partial charge is 0.232 e. The monoisotopic (exact) mass is 967 g/mol. The molecule has 0 aliphatic heterocycles. The molecule has 8 aliphatic carbocycles. The van der Waals surface area contributed by atoms with Gasteiger partial charge in [0.25, 0.3) is 0 Å². The minimum Gasteiger partial charge on any atom is -0.356 e. The van der Waals surface area contributed by atoms with E-state index in [-0.39, 0.29) is 71.3 Å². The average Bonchev–Trinajstić information content (AvgIpc) is 3.31. The van der Waals surface area contributed by atoms with E-state index >= 15 is 0 Å². The van der Waals surface area contributed by atoms with Crippen LogP contribution in [0.25, 0.3) is 0 Å². The van der Waals surface area contributed by atoms with Crippen molar-refractivity contribution in [3.05, 3.63) is 47.5 Å². The zero-order chi connectivity index (χ0) is 50.1. The molecule has 0 atom stereocenters. The largest absolute Gasteiger partial charge is 0.356 e. The number of unbranched alkanes of at least 4 members (excludes halogenated alkanes) is 3. The Balaban J connectivity index is 0.844. The maximum atomic E-state index is 13.4. The second kappa shape index (κ2) is 24.0. The molecule has 0 spiro atoms. The van der Waals surface area contributed by atoms with Crippen LogP contribution in [0.2, 0.25) is 0 Å². The molecule has 70 heavy (non-hydrogen) atoms. The molecule has 12 nitrogen and oxygen atoms in total. The minimum atomic E-state index is -0.323. The molecule has 0 aromatic heterocycles. The number of rotatable bonds is 28. The van der Waals surface area contributed by atoms with E-state index in [2.05, 4.69) is 54.6 Å². The van der Waals surface area contributed by atoms with Crippen molar-refractivity contribution < 1.29 is 28.8 Å². The predicted molar refractivity (Wildman–Crippen MR) is 276 cm³/mol. The summed E-state index contributed by atoms with van der Waals surface area (Å²) in [5, 5.41) is 9.03. The Kier molecular flexibility index (Phi) is 18.4. The highest BCUT2D eigenvalue weighted by molar-refractivity contribution is 5.98. The maximum Gasteiger partial charge on any atom is 0.232 e. The van der Waals surface area contributed by atoms with Crippen molar-refractivity contribution in [3.63, 3.8) is 0 Å². The normalized spacial score (nSPS) is 26.9. The third-order valence-corrected chi connectivity index (χ3v) is 18.8. The number of carbonyl (C=O) groups is 6. The molecular formula is C58H90N6O6. The van der Waals surface area contributed by atoms with Gasteiger partial charge in [-0.25, -0.2) is 0 Å². The van der Waals surface area contributed by atoms with Gasteiger partial charge in [-0.2, -0.15) is 0 Å². The van der Waals surface area contributed by atoms with Crippen molar-refractivity contribution in [3.8, 4) is 0 Å². The number of aryl methyl sites for hydroxylation is 3. The molecule has 12 heteroatoms. The Morgan fingerprint density at radius 3 is 1.11 bits per heavy atom. The van der Waals surface area contributed by atoms with E-state index in [9.17, 15) is 28.8 Å². The lowest BCUT2D eigenvalue weighted by atomic mass is 9.52. The van der Waals surface area contributed by atoms with Gasteiger partial charge in [0.15, 0.2) is 0 Å². The van der Waals surface area contributed by atoms with Crippen molar-refractivity contribution >= 4 is 35.4 Å². The van der Waals surface area contributed by atoms with Crippen LogP contribution in [0.15, 0.2) is 30.9 Å². The van der Waals surface area contributed by atoms with Gasteiger partial charge < -0.3 is 30.7 Å². The van der Waals surface area contributed by atoms with Crippen LogP contribution in [0.4, 0.5) is 0 Å². The molecule has 1 aromatic rings. The maximum absolute atomic E-state index is 13.4. The summed E-state index contributed by atoms with van der Waals surface area (Å²) in [5.74, 6) is 3.55. The summed E-state index contributed by atoms with van der Waals surface area (Å²) in [6, 6.07) is 6.85. The van der Waals surface area contributed by atoms with E-state index in [1.165, 1.54) is 55.2 Å². The number of carbonyl (C=O) groups excluding carboxylic acids is 6. The summed E-state index contributed by atoms with van der Waals surface area (Å²) in [6.07, 6.45) is 26.0. The van der Waals surface area contributed by atoms with Crippen molar-refractivity contribution in [2.75, 3.05) is 40.8 Å². The molecule has 0 heterocycles. The van der Waals surface area contributed by atoms with Crippen molar-refractivity contribution in [2.45, 2.75) is 204 Å². The fourth-order valence-corrected chi connectivity index (χ4v) is 15.4. The van der Waals surface area contributed by atoms with Gasteiger partial charge in [0, 0.05) is 57.4 Å². The summed E-state index contributed by atoms with van der Waals surface area (Å²) >= 11 is 0. The summed E-state index contributed by atoms with van der Waals surface area (Å²) in [5.41, 5.74) is 3.35. The number of hydrogen-bond donors (Lipinski definition) is 3. The van der Waals surface area contributed by atoms with Crippen LogP contribution in [0.5, 0.6) is 0 Å². The van der Waals surface area contributed by atoms with Gasteiger partial charge in [-0.05, 0) is 206 Å². The standard InChI is InChI=1S/C58H90N6O6/c1-7-19-56(8-2,9-3)62(4)53(68)32-50(65)59-20-13-10-16-41-23-42(17-11-14-21-60-51(66)33-54(69)63(5)57-35-44-26-45(36-57)28-46(27-44)37-57)25-43(24-41)18-12-15-22-61-52(67)34-55(70)64(6)58-38-47-29-48(39-58)31-49(30-47)40-58/h7,23-25,44-49H,1,8-22,26-40H2,2-6H3,(H,59,65)(H,60,66)(H,61,67). The zero-order valence-corrected chi connectivity index (χ0v) is 44.0. The second-order valence-electron chi connectivity index (χ2n) is 23.7. The van der Waals surface area contributed by atoms with E-state index in [0.717, 1.165) is 145 Å². The molecule has 8 aliphatic rings. The van der Waals surface area contributed by atoms with E-state index in [0.29, 0.717) is 26.1 Å². The van der Waals surface area contributed by atoms with Gasteiger partial charge in [0.1, 0.15) is 19.3 Å². The van der Waals surface area contributed by atoms with Gasteiger partial charge in [-0.3, -0.25) is 28.8 Å². The second-order valence-corrected chi connectivity index (χ2v) is 23.7. The van der Waals surface area contributed by atoms with Crippen LogP contribution in [-0.2, 0) is 48.0 Å². The fourth-order valence-electron chi connectivity index (χ4n) is 15.4. The van der Waals surface area contributed by atoms with Crippen molar-refractivity contribution in [2.24, 2.45) is 35.5 Å². The first-order valence-electron chi connectivity index (χ1n) is 27.9. The number of nitrogens with one attached hydrogen (secondary N) is 3. The Labute approximate surface area is 421 Å². The van der Waals surface area contributed by atoms with Gasteiger partial charge >= 0.3 is 0 Å². The summed E-state index contributed by atoms with van der Waals surface area (Å²) in [6.45, 7) is 9.60. The number of hydrogen-bond acceptors (Lipinski definition) is 6. The lowest BCUT2D eigenvalue weighted by Crippen LogP contribution is -2.60. The van der Waals surface area contributed by atoms with Crippen LogP contribution in [0, 0.1) is 35.5 Å². The third kappa shape index (κ3) is 13.2. The molecule has 1 aromatic carbocycles. The van der Waals surface area contributed by atoms with E-state index in [1.807, 2.05) is 30.0 Å². The summed E-state index contributed by atoms with van der Waals surface area (Å²) in [7, 11) is 5.67. The Hall–Kier alpha value is -4.22. The molecule has 3 N–H and O–H groups in total. The topological polar surface area (TPSA) is 148 Å². The van der Waals surface area contributed by atoms with Gasteiger partial charge in [0.2, 0.25) is 35.4 Å². The molecule has 8 saturated carbocycles. The van der Waals surface area contributed by atoms with Gasteiger partial charge in [-0.15, -0.1) is 6.58 Å². The molecule has 0 saturated heterocycles.